The van der Waals surface area contributed by atoms with E-state index in [0.29, 0.717) is 0 Å². The van der Waals surface area contributed by atoms with Crippen molar-refractivity contribution >= 4 is 11.4 Å². The number of hydrogen-bond acceptors (Lipinski definition) is 1. The van der Waals surface area contributed by atoms with E-state index in [1.54, 1.807) is 16.7 Å². The van der Waals surface area contributed by atoms with Gasteiger partial charge in [-0.1, -0.05) is 45.0 Å². The number of fused-ring (bicyclic) bond motifs is 3. The van der Waals surface area contributed by atoms with Gasteiger partial charge in [-0.25, -0.2) is 0 Å². The van der Waals surface area contributed by atoms with E-state index in [9.17, 15) is 0 Å². The summed E-state index contributed by atoms with van der Waals surface area (Å²) in [4.78, 5) is 0. The molecule has 1 saturated carbocycles. The van der Waals surface area contributed by atoms with Crippen LogP contribution in [0.3, 0.4) is 0 Å². The van der Waals surface area contributed by atoms with E-state index in [1.807, 2.05) is 0 Å². The fraction of sp³-hybridized carbons (Fsp3) is 0.455. The van der Waals surface area contributed by atoms with Gasteiger partial charge in [0.25, 0.3) is 0 Å². The van der Waals surface area contributed by atoms with Gasteiger partial charge in [0.2, 0.25) is 0 Å². The highest BCUT2D eigenvalue weighted by molar-refractivity contribution is 5.79. The SMILES string of the molecule is CC(C)(C)c1ccc2c(c1)C13CCC(CC1)c1cccc(c13)N2. The average molecular weight is 303 g/mol. The van der Waals surface area contributed by atoms with Gasteiger partial charge in [-0.05, 0) is 71.4 Å². The molecule has 0 saturated heterocycles. The number of hydrogen-bond donors (Lipinski definition) is 1. The van der Waals surface area contributed by atoms with Gasteiger partial charge in [-0.3, -0.25) is 0 Å². The van der Waals surface area contributed by atoms with Crippen LogP contribution in [0.5, 0.6) is 0 Å². The number of nitrogens with one attached hydrogen (secondary N) is 1. The van der Waals surface area contributed by atoms with Crippen LogP contribution < -0.4 is 5.32 Å². The third-order valence-electron chi connectivity index (χ3n) is 6.52. The van der Waals surface area contributed by atoms with Gasteiger partial charge in [-0.2, -0.15) is 0 Å². The van der Waals surface area contributed by atoms with E-state index in [0.717, 1.165) is 5.92 Å². The molecule has 1 nitrogen and oxygen atoms in total. The summed E-state index contributed by atoms with van der Waals surface area (Å²) < 4.78 is 0. The molecule has 1 spiro atoms. The number of benzene rings is 2. The Morgan fingerprint density at radius 1 is 1.00 bits per heavy atom. The second kappa shape index (κ2) is 4.20. The van der Waals surface area contributed by atoms with Crippen LogP contribution in [-0.4, -0.2) is 0 Å². The van der Waals surface area contributed by atoms with Crippen molar-refractivity contribution in [2.75, 3.05) is 5.32 Å². The van der Waals surface area contributed by atoms with Crippen LogP contribution in [0.2, 0.25) is 0 Å². The lowest BCUT2D eigenvalue weighted by Gasteiger charge is -2.52. The zero-order valence-electron chi connectivity index (χ0n) is 14.4. The maximum atomic E-state index is 3.74. The van der Waals surface area contributed by atoms with Crippen LogP contribution in [0.25, 0.3) is 0 Å². The standard InChI is InChI=1S/C22H25N/c1-21(2,3)15-7-8-18-17(13-15)22-11-9-14(10-12-22)16-5-4-6-19(23-18)20(16)22/h4-8,13-14,23H,9-12H2,1-3H3. The first-order valence-corrected chi connectivity index (χ1v) is 9.04. The van der Waals surface area contributed by atoms with Gasteiger partial charge >= 0.3 is 0 Å². The minimum atomic E-state index is 0.206. The fourth-order valence-corrected chi connectivity index (χ4v) is 5.29. The lowest BCUT2D eigenvalue weighted by Crippen LogP contribution is -2.42. The summed E-state index contributed by atoms with van der Waals surface area (Å²) in [6, 6.07) is 14.0. The van der Waals surface area contributed by atoms with Crippen molar-refractivity contribution in [3.63, 3.8) is 0 Å². The van der Waals surface area contributed by atoms with Crippen LogP contribution in [0.4, 0.5) is 11.4 Å². The van der Waals surface area contributed by atoms with Crippen LogP contribution in [-0.2, 0) is 10.8 Å². The van der Waals surface area contributed by atoms with E-state index >= 15 is 0 Å². The van der Waals surface area contributed by atoms with Gasteiger partial charge in [-0.15, -0.1) is 0 Å². The third kappa shape index (κ3) is 1.68. The zero-order valence-corrected chi connectivity index (χ0v) is 14.4. The maximum absolute atomic E-state index is 3.74. The number of rotatable bonds is 0. The molecule has 0 aromatic heterocycles. The Kier molecular flexibility index (Phi) is 2.49. The highest BCUT2D eigenvalue weighted by Crippen LogP contribution is 2.61. The van der Waals surface area contributed by atoms with Crippen molar-refractivity contribution in [2.45, 2.75) is 63.2 Å². The first kappa shape index (κ1) is 13.7. The topological polar surface area (TPSA) is 12.0 Å². The molecule has 2 aromatic carbocycles. The summed E-state index contributed by atoms with van der Waals surface area (Å²) >= 11 is 0. The second-order valence-corrected chi connectivity index (χ2v) is 8.76. The van der Waals surface area contributed by atoms with Crippen molar-refractivity contribution < 1.29 is 0 Å². The molecule has 118 valence electrons. The minimum absolute atomic E-state index is 0.206. The molecule has 3 aliphatic carbocycles. The van der Waals surface area contributed by atoms with Gasteiger partial charge in [0.05, 0.1) is 0 Å². The van der Waals surface area contributed by atoms with Gasteiger partial charge in [0.15, 0.2) is 0 Å². The lowest BCUT2D eigenvalue weighted by atomic mass is 9.53. The molecule has 0 amide bonds. The average Bonchev–Trinajstić information content (AvgIpc) is 2.55. The molecule has 4 aliphatic rings. The van der Waals surface area contributed by atoms with Crippen LogP contribution in [0.15, 0.2) is 36.4 Å². The Morgan fingerprint density at radius 3 is 2.52 bits per heavy atom. The normalized spacial score (nSPS) is 27.2. The first-order valence-electron chi connectivity index (χ1n) is 9.04. The van der Waals surface area contributed by atoms with Crippen molar-refractivity contribution in [2.24, 2.45) is 0 Å². The molecule has 1 heteroatoms. The highest BCUT2D eigenvalue weighted by Gasteiger charge is 2.49. The van der Waals surface area contributed by atoms with Crippen LogP contribution in [0, 0.1) is 0 Å². The van der Waals surface area contributed by atoms with E-state index in [2.05, 4.69) is 62.5 Å². The molecule has 6 rings (SSSR count). The van der Waals surface area contributed by atoms with E-state index in [-0.39, 0.29) is 10.8 Å². The second-order valence-electron chi connectivity index (χ2n) is 8.76. The molecular formula is C22H25N. The predicted octanol–water partition coefficient (Wildman–Crippen LogP) is 6.00. The maximum Gasteiger partial charge on any atom is 0.0428 e. The van der Waals surface area contributed by atoms with Crippen molar-refractivity contribution in [3.05, 3.63) is 58.7 Å². The molecule has 2 aromatic rings. The first-order chi connectivity index (χ1) is 11.0. The van der Waals surface area contributed by atoms with Crippen molar-refractivity contribution in [1.82, 2.24) is 0 Å². The lowest BCUT2D eigenvalue weighted by molar-refractivity contribution is 0.279. The third-order valence-corrected chi connectivity index (χ3v) is 6.52. The minimum Gasteiger partial charge on any atom is -0.355 e. The monoisotopic (exact) mass is 303 g/mol. The quantitative estimate of drug-likeness (QED) is 0.629. The Balaban J connectivity index is 1.80. The molecule has 1 heterocycles. The van der Waals surface area contributed by atoms with Crippen molar-refractivity contribution in [1.29, 1.82) is 0 Å². The Labute approximate surface area is 139 Å². The van der Waals surface area contributed by atoms with E-state index in [1.165, 1.54) is 42.6 Å². The summed E-state index contributed by atoms with van der Waals surface area (Å²) in [7, 11) is 0. The molecular weight excluding hydrogens is 278 g/mol. The van der Waals surface area contributed by atoms with Gasteiger partial charge < -0.3 is 5.32 Å². The predicted molar refractivity (Wildman–Crippen MR) is 96.9 cm³/mol. The van der Waals surface area contributed by atoms with Crippen LogP contribution in [0.1, 0.15) is 74.6 Å². The van der Waals surface area contributed by atoms with Crippen LogP contribution >= 0.6 is 0 Å². The summed E-state index contributed by atoms with van der Waals surface area (Å²) in [6.45, 7) is 6.96. The molecule has 0 unspecified atom stereocenters. The molecule has 0 radical (unpaired) electrons. The molecule has 1 aliphatic heterocycles. The number of anilines is 2. The zero-order chi connectivity index (χ0) is 15.8. The van der Waals surface area contributed by atoms with E-state index in [4.69, 9.17) is 0 Å². The van der Waals surface area contributed by atoms with Gasteiger partial charge in [0, 0.05) is 16.8 Å². The Bertz CT molecular complexity index is 801. The fourth-order valence-electron chi connectivity index (χ4n) is 5.29. The van der Waals surface area contributed by atoms with E-state index < -0.39 is 0 Å². The summed E-state index contributed by atoms with van der Waals surface area (Å²) in [6.07, 6.45) is 5.36. The largest absolute Gasteiger partial charge is 0.355 e. The highest BCUT2D eigenvalue weighted by atomic mass is 14.9. The molecule has 1 N–H and O–H groups in total. The summed E-state index contributed by atoms with van der Waals surface area (Å²) in [5, 5.41) is 3.74. The Hall–Kier alpha value is -1.76. The molecule has 23 heavy (non-hydrogen) atoms. The summed E-state index contributed by atoms with van der Waals surface area (Å²) in [5.74, 6) is 0.793. The Morgan fingerprint density at radius 2 is 1.78 bits per heavy atom. The molecule has 1 fully saturated rings. The summed E-state index contributed by atoms with van der Waals surface area (Å²) in [5.41, 5.74) is 9.44. The van der Waals surface area contributed by atoms with Gasteiger partial charge in [0.1, 0.15) is 0 Å². The molecule has 0 atom stereocenters. The smallest absolute Gasteiger partial charge is 0.0428 e. The molecule has 2 bridgehead atoms. The van der Waals surface area contributed by atoms with Crippen molar-refractivity contribution in [3.8, 4) is 0 Å².